The van der Waals surface area contributed by atoms with E-state index in [2.05, 4.69) is 14.9 Å². The van der Waals surface area contributed by atoms with Crippen LogP contribution in [0.2, 0.25) is 0 Å². The number of nitrogen functional groups attached to an aromatic ring is 1. The molecule has 82 valence electrons. The van der Waals surface area contributed by atoms with Crippen LogP contribution in [0, 0.1) is 0 Å². The lowest BCUT2D eigenvalue weighted by Gasteiger charge is -2.17. The molecule has 1 aliphatic heterocycles. The minimum absolute atomic E-state index is 0.0326. The van der Waals surface area contributed by atoms with Gasteiger partial charge in [-0.05, 0) is 16.7 Å². The summed E-state index contributed by atoms with van der Waals surface area (Å²) in [5, 5.41) is 6.85. The van der Waals surface area contributed by atoms with Crippen LogP contribution >= 0.6 is 0 Å². The van der Waals surface area contributed by atoms with Crippen molar-refractivity contribution in [1.29, 1.82) is 0 Å². The van der Waals surface area contributed by atoms with E-state index in [1.165, 1.54) is 0 Å². The molecule has 2 N–H and O–H groups in total. The van der Waals surface area contributed by atoms with E-state index < -0.39 is 0 Å². The smallest absolute Gasteiger partial charge is 0.280 e. The van der Waals surface area contributed by atoms with Crippen molar-refractivity contribution in [1.82, 2.24) is 15.2 Å². The molecule has 1 amide bonds. The maximum atomic E-state index is 11.9. The molecule has 1 aromatic heterocycles. The van der Waals surface area contributed by atoms with Crippen molar-refractivity contribution in [2.75, 3.05) is 32.0 Å². The fourth-order valence-corrected chi connectivity index (χ4v) is 1.44. The van der Waals surface area contributed by atoms with E-state index in [1.807, 2.05) is 0 Å². The van der Waals surface area contributed by atoms with E-state index in [4.69, 9.17) is 10.5 Å². The highest BCUT2D eigenvalue weighted by atomic mass is 16.6. The van der Waals surface area contributed by atoms with E-state index in [9.17, 15) is 4.79 Å². The predicted molar refractivity (Wildman–Crippen MR) is 50.0 cm³/mol. The first-order valence-electron chi connectivity index (χ1n) is 4.74. The Labute approximate surface area is 86.1 Å². The van der Waals surface area contributed by atoms with Crippen molar-refractivity contribution in [2.24, 2.45) is 0 Å². The third-order valence-electron chi connectivity index (χ3n) is 2.23. The minimum atomic E-state index is -0.251. The lowest BCUT2D eigenvalue weighted by atomic mass is 10.3. The molecule has 1 fully saturated rings. The maximum Gasteiger partial charge on any atom is 0.280 e. The zero-order chi connectivity index (χ0) is 10.7. The number of hydrogen-bond acceptors (Lipinski definition) is 6. The number of aromatic nitrogens is 2. The number of carbonyl (C=O) groups excluding carboxylic acids is 1. The van der Waals surface area contributed by atoms with Crippen molar-refractivity contribution in [3.8, 4) is 0 Å². The van der Waals surface area contributed by atoms with E-state index in [-0.39, 0.29) is 17.4 Å². The van der Waals surface area contributed by atoms with Gasteiger partial charge >= 0.3 is 0 Å². The van der Waals surface area contributed by atoms with Crippen molar-refractivity contribution in [2.45, 2.75) is 6.42 Å². The Kier molecular flexibility index (Phi) is 2.82. The number of hydrogen-bond donors (Lipinski definition) is 1. The summed E-state index contributed by atoms with van der Waals surface area (Å²) in [6.45, 7) is 2.41. The SMILES string of the molecule is Nc1nonc1C(=O)N1CCCOCC1. The summed E-state index contributed by atoms with van der Waals surface area (Å²) in [6.07, 6.45) is 0.816. The van der Waals surface area contributed by atoms with Crippen LogP contribution in [0.3, 0.4) is 0 Å². The molecule has 0 aromatic carbocycles. The fourth-order valence-electron chi connectivity index (χ4n) is 1.44. The first kappa shape index (κ1) is 9.91. The van der Waals surface area contributed by atoms with Gasteiger partial charge in [-0.1, -0.05) is 0 Å². The molecule has 0 saturated carbocycles. The van der Waals surface area contributed by atoms with Crippen LogP contribution < -0.4 is 5.73 Å². The zero-order valence-electron chi connectivity index (χ0n) is 8.18. The number of anilines is 1. The van der Waals surface area contributed by atoms with E-state index in [0.717, 1.165) is 6.42 Å². The lowest BCUT2D eigenvalue weighted by molar-refractivity contribution is 0.0731. The summed E-state index contributed by atoms with van der Waals surface area (Å²) >= 11 is 0. The molecule has 2 rings (SSSR count). The average Bonchev–Trinajstić information content (AvgIpc) is 2.53. The van der Waals surface area contributed by atoms with Gasteiger partial charge in [-0.2, -0.15) is 0 Å². The first-order chi connectivity index (χ1) is 7.29. The van der Waals surface area contributed by atoms with Crippen LogP contribution in [-0.4, -0.2) is 47.4 Å². The molecule has 7 nitrogen and oxygen atoms in total. The molecule has 15 heavy (non-hydrogen) atoms. The van der Waals surface area contributed by atoms with E-state index >= 15 is 0 Å². The van der Waals surface area contributed by atoms with Crippen LogP contribution in [-0.2, 0) is 4.74 Å². The molecule has 0 unspecified atom stereocenters. The van der Waals surface area contributed by atoms with Gasteiger partial charge in [-0.3, -0.25) is 4.79 Å². The zero-order valence-corrected chi connectivity index (χ0v) is 8.18. The highest BCUT2D eigenvalue weighted by molar-refractivity contribution is 5.96. The maximum absolute atomic E-state index is 11.9. The summed E-state index contributed by atoms with van der Waals surface area (Å²) in [4.78, 5) is 13.5. The van der Waals surface area contributed by atoms with Crippen molar-refractivity contribution in [3.63, 3.8) is 0 Å². The molecule has 1 aliphatic rings. The molecule has 0 bridgehead atoms. The summed E-state index contributed by atoms with van der Waals surface area (Å²) in [5.41, 5.74) is 5.52. The Bertz CT molecular complexity index is 343. The second-order valence-corrected chi connectivity index (χ2v) is 3.26. The highest BCUT2D eigenvalue weighted by Gasteiger charge is 2.23. The molecule has 0 atom stereocenters. The van der Waals surface area contributed by atoms with Gasteiger partial charge < -0.3 is 15.4 Å². The molecule has 1 saturated heterocycles. The monoisotopic (exact) mass is 212 g/mol. The highest BCUT2D eigenvalue weighted by Crippen LogP contribution is 2.10. The number of rotatable bonds is 1. The van der Waals surface area contributed by atoms with Gasteiger partial charge in [0.1, 0.15) is 0 Å². The van der Waals surface area contributed by atoms with Crippen LogP contribution in [0.5, 0.6) is 0 Å². The molecule has 0 aliphatic carbocycles. The van der Waals surface area contributed by atoms with E-state index in [1.54, 1.807) is 4.90 Å². The van der Waals surface area contributed by atoms with Gasteiger partial charge in [-0.15, -0.1) is 0 Å². The van der Waals surface area contributed by atoms with E-state index in [0.29, 0.717) is 26.3 Å². The number of ether oxygens (including phenoxy) is 1. The van der Waals surface area contributed by atoms with Gasteiger partial charge in [0.05, 0.1) is 6.61 Å². The number of nitrogens with two attached hydrogens (primary N) is 1. The Hall–Kier alpha value is -1.63. The average molecular weight is 212 g/mol. The molecular weight excluding hydrogens is 200 g/mol. The third kappa shape index (κ3) is 2.07. The quantitative estimate of drug-likeness (QED) is 0.675. The molecular formula is C8H12N4O3. The Balaban J connectivity index is 2.09. The van der Waals surface area contributed by atoms with Crippen molar-refractivity contribution < 1.29 is 14.2 Å². The standard InChI is InChI=1S/C8H12N4O3/c9-7-6(10-15-11-7)8(13)12-2-1-4-14-5-3-12/h1-5H2,(H2,9,11). The summed E-state index contributed by atoms with van der Waals surface area (Å²) in [5.74, 6) is -0.218. The van der Waals surface area contributed by atoms with Crippen LogP contribution in [0.4, 0.5) is 5.82 Å². The Morgan fingerprint density at radius 1 is 1.33 bits per heavy atom. The molecule has 0 radical (unpaired) electrons. The van der Waals surface area contributed by atoms with Gasteiger partial charge in [0, 0.05) is 19.7 Å². The second-order valence-electron chi connectivity index (χ2n) is 3.26. The third-order valence-corrected chi connectivity index (χ3v) is 2.23. The van der Waals surface area contributed by atoms with Gasteiger partial charge in [0.15, 0.2) is 0 Å². The second kappa shape index (κ2) is 4.26. The van der Waals surface area contributed by atoms with Crippen LogP contribution in [0.25, 0.3) is 0 Å². The molecule has 2 heterocycles. The first-order valence-corrected chi connectivity index (χ1v) is 4.74. The largest absolute Gasteiger partial charge is 0.380 e. The number of carbonyl (C=O) groups is 1. The summed E-state index contributed by atoms with van der Waals surface area (Å²) < 4.78 is 9.62. The molecule has 0 spiro atoms. The number of amides is 1. The van der Waals surface area contributed by atoms with Gasteiger partial charge in [0.25, 0.3) is 5.91 Å². The minimum Gasteiger partial charge on any atom is -0.380 e. The summed E-state index contributed by atoms with van der Waals surface area (Å²) in [7, 11) is 0. The topological polar surface area (TPSA) is 94.5 Å². The lowest BCUT2D eigenvalue weighted by Crippen LogP contribution is -2.33. The Morgan fingerprint density at radius 2 is 2.20 bits per heavy atom. The molecule has 1 aromatic rings. The fraction of sp³-hybridized carbons (Fsp3) is 0.625. The van der Waals surface area contributed by atoms with Crippen molar-refractivity contribution >= 4 is 11.7 Å². The normalized spacial score (nSPS) is 17.5. The van der Waals surface area contributed by atoms with Gasteiger partial charge in [-0.25, -0.2) is 4.63 Å². The predicted octanol–water partition coefficient (Wildman–Crippen LogP) is -0.486. The van der Waals surface area contributed by atoms with Crippen molar-refractivity contribution in [3.05, 3.63) is 5.69 Å². The Morgan fingerprint density at radius 3 is 2.93 bits per heavy atom. The van der Waals surface area contributed by atoms with Crippen LogP contribution in [0.15, 0.2) is 4.63 Å². The summed E-state index contributed by atoms with van der Waals surface area (Å²) in [6, 6.07) is 0. The van der Waals surface area contributed by atoms with Gasteiger partial charge in [0.2, 0.25) is 11.5 Å². The number of nitrogens with zero attached hydrogens (tertiary/aromatic N) is 3. The molecule has 7 heteroatoms. The van der Waals surface area contributed by atoms with Crippen LogP contribution in [0.1, 0.15) is 16.9 Å².